The third-order valence-electron chi connectivity index (χ3n) is 4.99. The minimum atomic E-state index is -0.162. The molecule has 0 fully saturated rings. The molecule has 0 atom stereocenters. The third kappa shape index (κ3) is 4.35. The molecule has 0 spiro atoms. The van der Waals surface area contributed by atoms with Gasteiger partial charge in [0, 0.05) is 41.8 Å². The molecule has 0 bridgehead atoms. The van der Waals surface area contributed by atoms with Crippen molar-refractivity contribution in [3.63, 3.8) is 0 Å². The molecule has 1 N–H and O–H groups in total. The average molecular weight is 393 g/mol. The molecular formula is C24H27NO4. The molecule has 1 amide bonds. The topological polar surface area (TPSA) is 60.7 Å². The van der Waals surface area contributed by atoms with Gasteiger partial charge in [-0.25, -0.2) is 0 Å². The fraction of sp³-hybridized carbons (Fsp3) is 0.292. The van der Waals surface area contributed by atoms with E-state index in [2.05, 4.69) is 36.5 Å². The third-order valence-corrected chi connectivity index (χ3v) is 4.99. The fourth-order valence-electron chi connectivity index (χ4n) is 3.43. The van der Waals surface area contributed by atoms with Crippen molar-refractivity contribution in [2.75, 3.05) is 27.4 Å². The molecule has 0 saturated carbocycles. The zero-order chi connectivity index (χ0) is 21.0. The summed E-state index contributed by atoms with van der Waals surface area (Å²) in [5.41, 5.74) is 6.70. The van der Waals surface area contributed by atoms with Crippen LogP contribution in [0.25, 0.3) is 27.7 Å². The Hall–Kier alpha value is -3.05. The lowest BCUT2D eigenvalue weighted by atomic mass is 9.96. The number of allylic oxidation sites excluding steroid dienone is 1. The van der Waals surface area contributed by atoms with Crippen molar-refractivity contribution >= 4 is 22.4 Å². The van der Waals surface area contributed by atoms with Crippen LogP contribution in [-0.4, -0.2) is 33.3 Å². The standard InChI is InChI=1S/C24H27NO4/c1-15-6-8-18(9-7-15)21-14-29-24-17(3)23(28-5)19(13-20(21)24)16(2)12-22(26)25-10-11-27-4/h6-9,12-14H,10-11H2,1-5H3,(H,25,26)/b16-12+. The first-order chi connectivity index (χ1) is 14.0. The highest BCUT2D eigenvalue weighted by Crippen LogP contribution is 2.40. The summed E-state index contributed by atoms with van der Waals surface area (Å²) in [6.07, 6.45) is 3.37. The van der Waals surface area contributed by atoms with Gasteiger partial charge in [-0.05, 0) is 38.0 Å². The van der Waals surface area contributed by atoms with E-state index in [1.807, 2.05) is 19.9 Å². The van der Waals surface area contributed by atoms with Crippen LogP contribution in [0.4, 0.5) is 0 Å². The fourth-order valence-corrected chi connectivity index (χ4v) is 3.43. The predicted molar refractivity (Wildman–Crippen MR) is 116 cm³/mol. The Morgan fingerprint density at radius 1 is 1.17 bits per heavy atom. The van der Waals surface area contributed by atoms with Gasteiger partial charge >= 0.3 is 0 Å². The van der Waals surface area contributed by atoms with Gasteiger partial charge in [0.15, 0.2) is 0 Å². The largest absolute Gasteiger partial charge is 0.496 e. The van der Waals surface area contributed by atoms with Crippen molar-refractivity contribution < 1.29 is 18.7 Å². The molecule has 29 heavy (non-hydrogen) atoms. The molecule has 3 rings (SSSR count). The van der Waals surface area contributed by atoms with Gasteiger partial charge in [-0.15, -0.1) is 0 Å². The van der Waals surface area contributed by atoms with Gasteiger partial charge in [0.2, 0.25) is 5.91 Å². The summed E-state index contributed by atoms with van der Waals surface area (Å²) < 4.78 is 16.5. The van der Waals surface area contributed by atoms with Crippen LogP contribution in [0.5, 0.6) is 5.75 Å². The normalized spacial score (nSPS) is 11.7. The first-order valence-corrected chi connectivity index (χ1v) is 9.57. The Morgan fingerprint density at radius 3 is 2.55 bits per heavy atom. The average Bonchev–Trinajstić information content (AvgIpc) is 3.13. The second-order valence-corrected chi connectivity index (χ2v) is 7.09. The number of fused-ring (bicyclic) bond motifs is 1. The van der Waals surface area contributed by atoms with Gasteiger partial charge in [0.05, 0.1) is 20.0 Å². The van der Waals surface area contributed by atoms with Gasteiger partial charge in [0.25, 0.3) is 0 Å². The lowest BCUT2D eigenvalue weighted by Gasteiger charge is -2.13. The van der Waals surface area contributed by atoms with E-state index < -0.39 is 0 Å². The van der Waals surface area contributed by atoms with E-state index in [0.29, 0.717) is 18.9 Å². The van der Waals surface area contributed by atoms with Crippen LogP contribution in [0.15, 0.2) is 47.1 Å². The highest BCUT2D eigenvalue weighted by atomic mass is 16.5. The summed E-state index contributed by atoms with van der Waals surface area (Å²) in [5.74, 6) is 0.547. The van der Waals surface area contributed by atoms with Gasteiger partial charge in [-0.3, -0.25) is 4.79 Å². The zero-order valence-electron chi connectivity index (χ0n) is 17.6. The predicted octanol–water partition coefficient (Wildman–Crippen LogP) is 4.89. The molecule has 5 heteroatoms. The number of hydrogen-bond acceptors (Lipinski definition) is 4. The summed E-state index contributed by atoms with van der Waals surface area (Å²) in [5, 5.41) is 3.81. The van der Waals surface area contributed by atoms with E-state index >= 15 is 0 Å². The number of amides is 1. The maximum atomic E-state index is 12.2. The lowest BCUT2D eigenvalue weighted by molar-refractivity contribution is -0.116. The number of rotatable bonds is 7. The van der Waals surface area contributed by atoms with E-state index in [-0.39, 0.29) is 5.91 Å². The monoisotopic (exact) mass is 393 g/mol. The van der Waals surface area contributed by atoms with E-state index in [4.69, 9.17) is 13.9 Å². The van der Waals surface area contributed by atoms with E-state index in [1.54, 1.807) is 26.6 Å². The molecule has 0 radical (unpaired) electrons. The Morgan fingerprint density at radius 2 is 1.90 bits per heavy atom. The molecule has 2 aromatic carbocycles. The number of methoxy groups -OCH3 is 2. The van der Waals surface area contributed by atoms with Crippen molar-refractivity contribution in [2.24, 2.45) is 0 Å². The highest BCUT2D eigenvalue weighted by molar-refractivity contribution is 6.01. The number of aryl methyl sites for hydroxylation is 2. The van der Waals surface area contributed by atoms with Crippen molar-refractivity contribution in [3.8, 4) is 16.9 Å². The van der Waals surface area contributed by atoms with Crippen LogP contribution < -0.4 is 10.1 Å². The molecule has 3 aromatic rings. The molecule has 1 heterocycles. The number of carbonyl (C=O) groups is 1. The smallest absolute Gasteiger partial charge is 0.244 e. The van der Waals surface area contributed by atoms with E-state index in [9.17, 15) is 4.79 Å². The van der Waals surface area contributed by atoms with E-state index in [0.717, 1.165) is 38.8 Å². The maximum absolute atomic E-state index is 12.2. The Labute approximate surface area is 171 Å². The number of ether oxygens (including phenoxy) is 2. The highest BCUT2D eigenvalue weighted by Gasteiger charge is 2.18. The zero-order valence-corrected chi connectivity index (χ0v) is 17.6. The maximum Gasteiger partial charge on any atom is 0.244 e. The van der Waals surface area contributed by atoms with Gasteiger partial charge in [-0.2, -0.15) is 0 Å². The van der Waals surface area contributed by atoms with Gasteiger partial charge in [0.1, 0.15) is 11.3 Å². The summed E-state index contributed by atoms with van der Waals surface area (Å²) in [7, 11) is 3.24. The van der Waals surface area contributed by atoms with Crippen molar-refractivity contribution in [2.45, 2.75) is 20.8 Å². The van der Waals surface area contributed by atoms with Crippen molar-refractivity contribution in [1.82, 2.24) is 5.32 Å². The molecule has 0 saturated heterocycles. The quantitative estimate of drug-likeness (QED) is 0.459. The first kappa shape index (κ1) is 20.7. The van der Waals surface area contributed by atoms with Crippen LogP contribution in [0, 0.1) is 13.8 Å². The molecular weight excluding hydrogens is 366 g/mol. The van der Waals surface area contributed by atoms with Crippen LogP contribution in [0.1, 0.15) is 23.6 Å². The van der Waals surface area contributed by atoms with Crippen LogP contribution in [0.2, 0.25) is 0 Å². The minimum absolute atomic E-state index is 0.162. The van der Waals surface area contributed by atoms with Crippen molar-refractivity contribution in [3.05, 3.63) is 59.4 Å². The first-order valence-electron chi connectivity index (χ1n) is 9.57. The molecule has 0 aliphatic heterocycles. The summed E-state index contributed by atoms with van der Waals surface area (Å²) >= 11 is 0. The summed E-state index contributed by atoms with van der Waals surface area (Å²) in [6.45, 7) is 6.88. The van der Waals surface area contributed by atoms with Crippen LogP contribution in [0.3, 0.4) is 0 Å². The van der Waals surface area contributed by atoms with Crippen molar-refractivity contribution in [1.29, 1.82) is 0 Å². The van der Waals surface area contributed by atoms with Crippen LogP contribution >= 0.6 is 0 Å². The summed E-state index contributed by atoms with van der Waals surface area (Å²) in [4.78, 5) is 12.2. The Bertz CT molecular complexity index is 1040. The number of nitrogens with one attached hydrogen (secondary N) is 1. The molecule has 0 unspecified atom stereocenters. The number of furan rings is 1. The van der Waals surface area contributed by atoms with Gasteiger partial charge in [-0.1, -0.05) is 29.8 Å². The van der Waals surface area contributed by atoms with E-state index in [1.165, 1.54) is 5.56 Å². The second kappa shape index (κ2) is 8.97. The second-order valence-electron chi connectivity index (χ2n) is 7.09. The minimum Gasteiger partial charge on any atom is -0.496 e. The van der Waals surface area contributed by atoms with Crippen LogP contribution in [-0.2, 0) is 9.53 Å². The Kier molecular flexibility index (Phi) is 6.39. The molecule has 0 aliphatic rings. The molecule has 5 nitrogen and oxygen atoms in total. The number of carbonyl (C=O) groups excluding carboxylic acids is 1. The SMILES string of the molecule is COCCNC(=O)/C=C(\C)c1cc2c(-c3ccc(C)cc3)coc2c(C)c1OC. The number of benzene rings is 2. The number of hydrogen-bond donors (Lipinski definition) is 1. The molecule has 0 aliphatic carbocycles. The summed E-state index contributed by atoms with van der Waals surface area (Å²) in [6, 6.07) is 10.4. The molecule has 1 aromatic heterocycles. The Balaban J connectivity index is 2.07. The molecule has 152 valence electrons. The van der Waals surface area contributed by atoms with Gasteiger partial charge < -0.3 is 19.2 Å². The lowest BCUT2D eigenvalue weighted by Crippen LogP contribution is -2.25.